The average Bonchev–Trinajstić information content (AvgIpc) is 2.84. The molecular formula is C15H25NO4. The Balaban J connectivity index is 2.00. The summed E-state index contributed by atoms with van der Waals surface area (Å²) in [6.45, 7) is 7.31. The van der Waals surface area contributed by atoms with E-state index in [-0.39, 0.29) is 23.8 Å². The lowest BCUT2D eigenvalue weighted by atomic mass is 9.74. The third-order valence-electron chi connectivity index (χ3n) is 4.85. The van der Waals surface area contributed by atoms with Gasteiger partial charge in [0.2, 0.25) is 5.91 Å². The number of hydrogen-bond donors (Lipinski definition) is 1. The van der Waals surface area contributed by atoms with Gasteiger partial charge >= 0.3 is 5.97 Å². The third-order valence-corrected chi connectivity index (χ3v) is 4.85. The van der Waals surface area contributed by atoms with Crippen molar-refractivity contribution in [2.24, 2.45) is 17.3 Å². The predicted molar refractivity (Wildman–Crippen MR) is 74.2 cm³/mol. The van der Waals surface area contributed by atoms with Crippen molar-refractivity contribution in [3.63, 3.8) is 0 Å². The van der Waals surface area contributed by atoms with Crippen LogP contribution in [-0.2, 0) is 14.3 Å². The Labute approximate surface area is 120 Å². The second-order valence-electron chi connectivity index (χ2n) is 6.73. The van der Waals surface area contributed by atoms with E-state index >= 15 is 0 Å². The van der Waals surface area contributed by atoms with Crippen LogP contribution in [0.2, 0.25) is 0 Å². The van der Waals surface area contributed by atoms with Gasteiger partial charge in [-0.1, -0.05) is 0 Å². The predicted octanol–water partition coefficient (Wildman–Crippen LogP) is 1.76. The van der Waals surface area contributed by atoms with Gasteiger partial charge < -0.3 is 14.7 Å². The first-order chi connectivity index (χ1) is 9.32. The zero-order chi connectivity index (χ0) is 14.9. The van der Waals surface area contributed by atoms with Gasteiger partial charge in [0.15, 0.2) is 0 Å². The molecule has 1 amide bonds. The lowest BCUT2D eigenvalue weighted by Gasteiger charge is -2.40. The highest BCUT2D eigenvalue weighted by atomic mass is 16.5. The van der Waals surface area contributed by atoms with E-state index in [1.54, 1.807) is 13.8 Å². The number of carbonyl (C=O) groups excluding carboxylic acids is 1. The maximum absolute atomic E-state index is 12.5. The highest BCUT2D eigenvalue weighted by Gasteiger charge is 2.41. The van der Waals surface area contributed by atoms with Gasteiger partial charge in [0.1, 0.15) is 0 Å². The summed E-state index contributed by atoms with van der Waals surface area (Å²) in [5.41, 5.74) is -0.779. The van der Waals surface area contributed by atoms with E-state index in [0.717, 1.165) is 25.8 Å². The minimum absolute atomic E-state index is 0.0254. The molecule has 0 aromatic carbocycles. The first kappa shape index (κ1) is 15.3. The second-order valence-corrected chi connectivity index (χ2v) is 6.73. The summed E-state index contributed by atoms with van der Waals surface area (Å²) in [6.07, 6.45) is 2.69. The molecule has 2 rings (SSSR count). The Morgan fingerprint density at radius 2 is 2.05 bits per heavy atom. The molecule has 2 aliphatic rings. The molecule has 0 aromatic rings. The van der Waals surface area contributed by atoms with Gasteiger partial charge in [0.25, 0.3) is 0 Å². The maximum atomic E-state index is 12.5. The highest BCUT2D eigenvalue weighted by molar-refractivity contribution is 5.80. The SMILES string of the molecule is CC1CC(C(=O)N2CCCC(C(C)(C)C(=O)O)C2)CO1. The normalized spacial score (nSPS) is 31.4. The number of piperidine rings is 1. The number of carboxylic acid groups (broad SMARTS) is 1. The smallest absolute Gasteiger partial charge is 0.309 e. The van der Waals surface area contributed by atoms with E-state index in [4.69, 9.17) is 4.74 Å². The number of carboxylic acids is 1. The summed E-state index contributed by atoms with van der Waals surface area (Å²) in [5.74, 6) is -0.663. The summed E-state index contributed by atoms with van der Waals surface area (Å²) >= 11 is 0. The second kappa shape index (κ2) is 5.72. The molecule has 2 saturated heterocycles. The minimum Gasteiger partial charge on any atom is -0.481 e. The number of carbonyl (C=O) groups is 2. The fourth-order valence-corrected chi connectivity index (χ4v) is 3.19. The Morgan fingerprint density at radius 3 is 2.60 bits per heavy atom. The molecule has 1 N–H and O–H groups in total. The summed E-state index contributed by atoms with van der Waals surface area (Å²) in [7, 11) is 0. The third kappa shape index (κ3) is 2.97. The number of ether oxygens (including phenoxy) is 1. The molecule has 5 heteroatoms. The molecule has 5 nitrogen and oxygen atoms in total. The number of aliphatic carboxylic acids is 1. The molecule has 2 heterocycles. The van der Waals surface area contributed by atoms with Gasteiger partial charge in [-0.05, 0) is 46.0 Å². The maximum Gasteiger partial charge on any atom is 0.309 e. The van der Waals surface area contributed by atoms with Crippen LogP contribution >= 0.6 is 0 Å². The molecule has 0 radical (unpaired) electrons. The van der Waals surface area contributed by atoms with Crippen LogP contribution < -0.4 is 0 Å². The van der Waals surface area contributed by atoms with Crippen LogP contribution in [0.5, 0.6) is 0 Å². The molecule has 0 saturated carbocycles. The van der Waals surface area contributed by atoms with Crippen molar-refractivity contribution in [3.05, 3.63) is 0 Å². The summed E-state index contributed by atoms with van der Waals surface area (Å²) in [6, 6.07) is 0. The molecule has 0 spiro atoms. The summed E-state index contributed by atoms with van der Waals surface area (Å²) in [5, 5.41) is 9.34. The van der Waals surface area contributed by atoms with Crippen molar-refractivity contribution < 1.29 is 19.4 Å². The van der Waals surface area contributed by atoms with Crippen LogP contribution in [-0.4, -0.2) is 47.7 Å². The molecule has 20 heavy (non-hydrogen) atoms. The highest BCUT2D eigenvalue weighted by Crippen LogP contribution is 2.35. The van der Waals surface area contributed by atoms with Crippen LogP contribution in [0.4, 0.5) is 0 Å². The minimum atomic E-state index is -0.783. The number of amides is 1. The van der Waals surface area contributed by atoms with Crippen LogP contribution in [0, 0.1) is 17.3 Å². The first-order valence-electron chi connectivity index (χ1n) is 7.46. The van der Waals surface area contributed by atoms with Crippen molar-refractivity contribution in [2.45, 2.75) is 46.1 Å². The van der Waals surface area contributed by atoms with Crippen LogP contribution in [0.25, 0.3) is 0 Å². The Morgan fingerprint density at radius 1 is 1.35 bits per heavy atom. The lowest BCUT2D eigenvalue weighted by Crippen LogP contribution is -2.48. The van der Waals surface area contributed by atoms with Gasteiger partial charge in [-0.3, -0.25) is 9.59 Å². The van der Waals surface area contributed by atoms with Gasteiger partial charge in [0, 0.05) is 13.1 Å². The molecule has 114 valence electrons. The average molecular weight is 283 g/mol. The van der Waals surface area contributed by atoms with Gasteiger partial charge in [-0.2, -0.15) is 0 Å². The number of nitrogens with zero attached hydrogens (tertiary/aromatic N) is 1. The molecule has 0 aromatic heterocycles. The van der Waals surface area contributed by atoms with Gasteiger partial charge in [-0.25, -0.2) is 0 Å². The topological polar surface area (TPSA) is 66.8 Å². The Kier molecular flexibility index (Phi) is 4.37. The molecule has 0 bridgehead atoms. The molecule has 2 aliphatic heterocycles. The molecule has 2 fully saturated rings. The summed E-state index contributed by atoms with van der Waals surface area (Å²) < 4.78 is 5.47. The van der Waals surface area contributed by atoms with E-state index in [1.165, 1.54) is 0 Å². The number of hydrogen-bond acceptors (Lipinski definition) is 3. The van der Waals surface area contributed by atoms with E-state index in [9.17, 15) is 14.7 Å². The molecular weight excluding hydrogens is 258 g/mol. The van der Waals surface area contributed by atoms with Crippen molar-refractivity contribution in [3.8, 4) is 0 Å². The Bertz CT molecular complexity index is 393. The van der Waals surface area contributed by atoms with Gasteiger partial charge in [0.05, 0.1) is 24.0 Å². The zero-order valence-electron chi connectivity index (χ0n) is 12.6. The van der Waals surface area contributed by atoms with E-state index in [2.05, 4.69) is 0 Å². The van der Waals surface area contributed by atoms with E-state index < -0.39 is 11.4 Å². The number of likely N-dealkylation sites (tertiary alicyclic amines) is 1. The molecule has 0 aliphatic carbocycles. The van der Waals surface area contributed by atoms with Gasteiger partial charge in [-0.15, -0.1) is 0 Å². The summed E-state index contributed by atoms with van der Waals surface area (Å²) in [4.78, 5) is 25.7. The van der Waals surface area contributed by atoms with Crippen LogP contribution in [0.15, 0.2) is 0 Å². The Hall–Kier alpha value is -1.10. The lowest BCUT2D eigenvalue weighted by molar-refractivity contribution is -0.153. The van der Waals surface area contributed by atoms with Crippen LogP contribution in [0.1, 0.15) is 40.0 Å². The fourth-order valence-electron chi connectivity index (χ4n) is 3.19. The molecule has 3 unspecified atom stereocenters. The quantitative estimate of drug-likeness (QED) is 0.857. The van der Waals surface area contributed by atoms with Crippen molar-refractivity contribution >= 4 is 11.9 Å². The van der Waals surface area contributed by atoms with Crippen LogP contribution in [0.3, 0.4) is 0 Å². The fraction of sp³-hybridized carbons (Fsp3) is 0.867. The van der Waals surface area contributed by atoms with Crippen molar-refractivity contribution in [2.75, 3.05) is 19.7 Å². The van der Waals surface area contributed by atoms with Crippen molar-refractivity contribution in [1.82, 2.24) is 4.90 Å². The number of rotatable bonds is 3. The zero-order valence-corrected chi connectivity index (χ0v) is 12.6. The van der Waals surface area contributed by atoms with E-state index in [0.29, 0.717) is 13.2 Å². The molecule has 3 atom stereocenters. The first-order valence-corrected chi connectivity index (χ1v) is 7.46. The van der Waals surface area contributed by atoms with E-state index in [1.807, 2.05) is 11.8 Å². The monoisotopic (exact) mass is 283 g/mol. The van der Waals surface area contributed by atoms with Crippen molar-refractivity contribution in [1.29, 1.82) is 0 Å². The standard InChI is InChI=1S/C15H25NO4/c1-10-7-11(9-20-10)13(17)16-6-4-5-12(8-16)15(2,3)14(18)19/h10-12H,4-9H2,1-3H3,(H,18,19). The largest absolute Gasteiger partial charge is 0.481 e.